The molecule has 0 saturated carbocycles. The first-order chi connectivity index (χ1) is 14.8. The van der Waals surface area contributed by atoms with Gasteiger partial charge in [-0.05, 0) is 56.7 Å². The van der Waals surface area contributed by atoms with E-state index in [-0.39, 0.29) is 17.2 Å². The lowest BCUT2D eigenvalue weighted by molar-refractivity contribution is 0.102. The predicted octanol–water partition coefficient (Wildman–Crippen LogP) is 3.60. The molecule has 2 aromatic heterocycles. The van der Waals surface area contributed by atoms with Crippen molar-refractivity contribution in [3.63, 3.8) is 0 Å². The molecule has 0 radical (unpaired) electrons. The van der Waals surface area contributed by atoms with Crippen LogP contribution in [-0.4, -0.2) is 25.1 Å². The number of amides is 1. The van der Waals surface area contributed by atoms with E-state index >= 15 is 0 Å². The van der Waals surface area contributed by atoms with E-state index in [0.29, 0.717) is 17.8 Å². The molecule has 31 heavy (non-hydrogen) atoms. The first kappa shape index (κ1) is 20.4. The summed E-state index contributed by atoms with van der Waals surface area (Å²) in [4.78, 5) is 25.8. The Morgan fingerprint density at radius 3 is 2.29 bits per heavy atom. The second kappa shape index (κ2) is 8.10. The van der Waals surface area contributed by atoms with Gasteiger partial charge in [0, 0.05) is 18.3 Å². The molecule has 0 fully saturated rings. The zero-order valence-electron chi connectivity index (χ0n) is 18.1. The smallest absolute Gasteiger partial charge is 0.295 e. The minimum atomic E-state index is -0.316. The molecular weight excluding hydrogens is 390 g/mol. The summed E-state index contributed by atoms with van der Waals surface area (Å²) in [5, 5.41) is 7.27. The van der Waals surface area contributed by atoms with Crippen LogP contribution in [0, 0.1) is 20.8 Å². The van der Waals surface area contributed by atoms with E-state index in [1.165, 1.54) is 0 Å². The third-order valence-corrected chi connectivity index (χ3v) is 5.44. The lowest BCUT2D eigenvalue weighted by Gasteiger charge is -2.07. The minimum Gasteiger partial charge on any atom is -0.316 e. The summed E-state index contributed by atoms with van der Waals surface area (Å²) >= 11 is 0. The Bertz CT molecular complexity index is 1290. The topological polar surface area (TPSA) is 73.8 Å². The number of nitrogens with one attached hydrogen (secondary N) is 1. The lowest BCUT2D eigenvalue weighted by Crippen LogP contribution is -2.23. The number of hydrogen-bond acceptors (Lipinski definition) is 3. The van der Waals surface area contributed by atoms with Gasteiger partial charge in [0.1, 0.15) is 5.69 Å². The van der Waals surface area contributed by atoms with E-state index in [9.17, 15) is 9.59 Å². The third kappa shape index (κ3) is 3.94. The van der Waals surface area contributed by atoms with Gasteiger partial charge in [-0.1, -0.05) is 30.3 Å². The van der Waals surface area contributed by atoms with E-state index < -0.39 is 0 Å². The summed E-state index contributed by atoms with van der Waals surface area (Å²) in [6.45, 7) is 6.44. The van der Waals surface area contributed by atoms with E-state index in [4.69, 9.17) is 0 Å². The molecule has 7 nitrogen and oxygen atoms in total. The third-order valence-electron chi connectivity index (χ3n) is 5.44. The van der Waals surface area contributed by atoms with Crippen LogP contribution in [0.1, 0.15) is 33.0 Å². The number of anilines is 1. The summed E-state index contributed by atoms with van der Waals surface area (Å²) in [5.74, 6) is -0.316. The fraction of sp³-hybridized carbons (Fsp3) is 0.208. The van der Waals surface area contributed by atoms with Crippen LogP contribution in [0.25, 0.3) is 5.69 Å². The maximum atomic E-state index is 13.0. The number of aromatic nitrogens is 4. The van der Waals surface area contributed by atoms with Gasteiger partial charge in [0.2, 0.25) is 0 Å². The first-order valence-electron chi connectivity index (χ1n) is 10.1. The molecule has 0 bridgehead atoms. The number of para-hydroxylation sites is 1. The molecule has 7 heteroatoms. The number of nitrogens with zero attached hydrogens (tertiary/aromatic N) is 4. The fourth-order valence-electron chi connectivity index (χ4n) is 3.67. The predicted molar refractivity (Wildman–Crippen MR) is 121 cm³/mol. The maximum Gasteiger partial charge on any atom is 0.295 e. The fourth-order valence-corrected chi connectivity index (χ4v) is 3.67. The highest BCUT2D eigenvalue weighted by atomic mass is 16.2. The zero-order valence-corrected chi connectivity index (χ0v) is 18.1. The molecule has 4 aromatic rings. The molecule has 4 rings (SSSR count). The summed E-state index contributed by atoms with van der Waals surface area (Å²) in [5.41, 5.74) is 5.05. The zero-order chi connectivity index (χ0) is 22.1. The molecule has 0 aliphatic rings. The van der Waals surface area contributed by atoms with E-state index in [1.807, 2.05) is 74.0 Å². The van der Waals surface area contributed by atoms with Crippen LogP contribution in [0.15, 0.2) is 65.5 Å². The van der Waals surface area contributed by atoms with Gasteiger partial charge in [-0.2, -0.15) is 5.10 Å². The van der Waals surface area contributed by atoms with Crippen molar-refractivity contribution in [2.75, 3.05) is 5.32 Å². The molecule has 2 aromatic carbocycles. The highest BCUT2D eigenvalue weighted by Crippen LogP contribution is 2.16. The molecule has 0 spiro atoms. The van der Waals surface area contributed by atoms with Crippen molar-refractivity contribution in [3.05, 3.63) is 99.2 Å². The van der Waals surface area contributed by atoms with Gasteiger partial charge < -0.3 is 5.32 Å². The standard InChI is InChI=1S/C24H25N5O2/c1-16-14-17(2)28(26-16)15-19-10-12-20(13-11-19)23(30)25-22-18(3)27(4)29(24(22)31)21-8-6-5-7-9-21/h5-14H,15H2,1-4H3,(H,25,30). The molecule has 158 valence electrons. The van der Waals surface area contributed by atoms with Gasteiger partial charge in [0.05, 0.1) is 23.6 Å². The second-order valence-corrected chi connectivity index (χ2v) is 7.67. The summed E-state index contributed by atoms with van der Waals surface area (Å²) in [6, 6.07) is 18.7. The Labute approximate surface area is 180 Å². The Morgan fingerprint density at radius 1 is 1.00 bits per heavy atom. The van der Waals surface area contributed by atoms with Crippen LogP contribution < -0.4 is 10.9 Å². The lowest BCUT2D eigenvalue weighted by atomic mass is 10.1. The molecule has 0 aliphatic heterocycles. The highest BCUT2D eigenvalue weighted by Gasteiger charge is 2.18. The summed E-state index contributed by atoms with van der Waals surface area (Å²) in [7, 11) is 1.80. The summed E-state index contributed by atoms with van der Waals surface area (Å²) in [6.07, 6.45) is 0. The number of benzene rings is 2. The molecule has 0 atom stereocenters. The van der Waals surface area contributed by atoms with Crippen molar-refractivity contribution in [2.45, 2.75) is 27.3 Å². The first-order valence-corrected chi connectivity index (χ1v) is 10.1. The Hall–Kier alpha value is -3.87. The number of aryl methyl sites for hydroxylation is 2. The van der Waals surface area contributed by atoms with Crippen molar-refractivity contribution >= 4 is 11.6 Å². The number of carbonyl (C=O) groups excluding carboxylic acids is 1. The highest BCUT2D eigenvalue weighted by molar-refractivity contribution is 6.04. The average Bonchev–Trinajstić information content (AvgIpc) is 3.18. The van der Waals surface area contributed by atoms with Crippen molar-refractivity contribution in [2.24, 2.45) is 7.05 Å². The van der Waals surface area contributed by atoms with Gasteiger partial charge in [-0.25, -0.2) is 4.68 Å². The molecule has 0 saturated heterocycles. The monoisotopic (exact) mass is 415 g/mol. The van der Waals surface area contributed by atoms with Crippen LogP contribution in [0.3, 0.4) is 0 Å². The van der Waals surface area contributed by atoms with Crippen LogP contribution >= 0.6 is 0 Å². The Morgan fingerprint density at radius 2 is 1.68 bits per heavy atom. The summed E-state index contributed by atoms with van der Waals surface area (Å²) < 4.78 is 5.22. The SMILES string of the molecule is Cc1cc(C)n(Cc2ccc(C(=O)Nc3c(C)n(C)n(-c4ccccc4)c3=O)cc2)n1. The molecular formula is C24H25N5O2. The van der Waals surface area contributed by atoms with E-state index in [0.717, 1.165) is 22.6 Å². The van der Waals surface area contributed by atoms with Crippen LogP contribution in [0.5, 0.6) is 0 Å². The average molecular weight is 415 g/mol. The van der Waals surface area contributed by atoms with Gasteiger partial charge >= 0.3 is 0 Å². The Kier molecular flexibility index (Phi) is 5.33. The van der Waals surface area contributed by atoms with E-state index in [1.54, 1.807) is 28.5 Å². The van der Waals surface area contributed by atoms with Gasteiger partial charge in [-0.15, -0.1) is 0 Å². The van der Waals surface area contributed by atoms with Crippen molar-refractivity contribution in [3.8, 4) is 5.69 Å². The van der Waals surface area contributed by atoms with Crippen LogP contribution in [-0.2, 0) is 13.6 Å². The quantitative estimate of drug-likeness (QED) is 0.541. The minimum absolute atomic E-state index is 0.263. The number of hydrogen-bond donors (Lipinski definition) is 1. The number of rotatable bonds is 5. The van der Waals surface area contributed by atoms with Crippen molar-refractivity contribution in [1.29, 1.82) is 0 Å². The molecule has 1 amide bonds. The normalized spacial score (nSPS) is 11.0. The van der Waals surface area contributed by atoms with Crippen LogP contribution in [0.4, 0.5) is 5.69 Å². The van der Waals surface area contributed by atoms with Gasteiger partial charge in [0.25, 0.3) is 11.5 Å². The molecule has 2 heterocycles. The van der Waals surface area contributed by atoms with Gasteiger partial charge in [-0.3, -0.25) is 19.0 Å². The van der Waals surface area contributed by atoms with Crippen molar-refractivity contribution in [1.82, 2.24) is 19.1 Å². The maximum absolute atomic E-state index is 13.0. The molecule has 0 unspecified atom stereocenters. The second-order valence-electron chi connectivity index (χ2n) is 7.67. The number of carbonyl (C=O) groups is 1. The molecule has 1 N–H and O–H groups in total. The van der Waals surface area contributed by atoms with Crippen molar-refractivity contribution < 1.29 is 4.79 Å². The Balaban J connectivity index is 1.55. The van der Waals surface area contributed by atoms with Gasteiger partial charge in [0.15, 0.2) is 0 Å². The largest absolute Gasteiger partial charge is 0.316 e. The van der Waals surface area contributed by atoms with Crippen LogP contribution in [0.2, 0.25) is 0 Å². The molecule has 0 aliphatic carbocycles. The van der Waals surface area contributed by atoms with E-state index in [2.05, 4.69) is 10.4 Å².